The van der Waals surface area contributed by atoms with Gasteiger partial charge in [-0.1, -0.05) is 12.8 Å². The second kappa shape index (κ2) is 4.75. The van der Waals surface area contributed by atoms with Crippen LogP contribution >= 0.6 is 0 Å². The standard InChI is InChI=1S/C15H22N2O2/c1-11-8-14(19)17(16-10-11)13-9-12(18)4-7-15(13)5-2-3-6-15/h8,10,12-13,18H,2-7,9H2,1H3. The van der Waals surface area contributed by atoms with Crippen molar-refractivity contribution in [1.82, 2.24) is 9.78 Å². The molecular formula is C15H22N2O2. The molecule has 104 valence electrons. The highest BCUT2D eigenvalue weighted by atomic mass is 16.3. The second-order valence-electron chi connectivity index (χ2n) is 6.33. The maximum absolute atomic E-state index is 12.2. The fourth-order valence-corrected chi connectivity index (χ4v) is 4.01. The maximum Gasteiger partial charge on any atom is 0.267 e. The van der Waals surface area contributed by atoms with Crippen molar-refractivity contribution in [2.45, 2.75) is 64.0 Å². The van der Waals surface area contributed by atoms with E-state index in [9.17, 15) is 9.90 Å². The van der Waals surface area contributed by atoms with E-state index < -0.39 is 0 Å². The smallest absolute Gasteiger partial charge is 0.267 e. The Balaban J connectivity index is 2.01. The van der Waals surface area contributed by atoms with Gasteiger partial charge in [-0.2, -0.15) is 5.10 Å². The lowest BCUT2D eigenvalue weighted by Crippen LogP contribution is -2.43. The van der Waals surface area contributed by atoms with Gasteiger partial charge >= 0.3 is 0 Å². The minimum Gasteiger partial charge on any atom is -0.393 e. The van der Waals surface area contributed by atoms with Crippen LogP contribution in [0.3, 0.4) is 0 Å². The fraction of sp³-hybridized carbons (Fsp3) is 0.733. The first kappa shape index (κ1) is 12.9. The van der Waals surface area contributed by atoms with Crippen molar-refractivity contribution >= 4 is 0 Å². The molecule has 1 spiro atoms. The molecule has 0 radical (unpaired) electrons. The van der Waals surface area contributed by atoms with Gasteiger partial charge < -0.3 is 5.11 Å². The fourth-order valence-electron chi connectivity index (χ4n) is 4.01. The van der Waals surface area contributed by atoms with E-state index in [1.807, 2.05) is 6.92 Å². The highest BCUT2D eigenvalue weighted by Crippen LogP contribution is 2.54. The summed E-state index contributed by atoms with van der Waals surface area (Å²) in [7, 11) is 0. The lowest BCUT2D eigenvalue weighted by molar-refractivity contribution is 0.0103. The largest absolute Gasteiger partial charge is 0.393 e. The van der Waals surface area contributed by atoms with Crippen LogP contribution in [0.15, 0.2) is 17.1 Å². The van der Waals surface area contributed by atoms with Gasteiger partial charge in [0.1, 0.15) is 0 Å². The zero-order valence-electron chi connectivity index (χ0n) is 11.5. The SMILES string of the molecule is Cc1cnn(C2CC(O)CCC23CCCC3)c(=O)c1. The molecule has 1 N–H and O–H groups in total. The average molecular weight is 262 g/mol. The number of hydrogen-bond acceptors (Lipinski definition) is 3. The topological polar surface area (TPSA) is 55.1 Å². The summed E-state index contributed by atoms with van der Waals surface area (Å²) in [5.41, 5.74) is 1.08. The molecule has 2 saturated carbocycles. The first-order valence-corrected chi connectivity index (χ1v) is 7.34. The number of nitrogens with zero attached hydrogens (tertiary/aromatic N) is 2. The summed E-state index contributed by atoms with van der Waals surface area (Å²) < 4.78 is 1.64. The highest BCUT2D eigenvalue weighted by Gasteiger charge is 2.46. The molecule has 0 aliphatic heterocycles. The molecule has 0 aromatic carbocycles. The van der Waals surface area contributed by atoms with Crippen LogP contribution < -0.4 is 5.56 Å². The predicted molar refractivity (Wildman–Crippen MR) is 73.0 cm³/mol. The van der Waals surface area contributed by atoms with Crippen molar-refractivity contribution < 1.29 is 5.11 Å². The minimum absolute atomic E-state index is 0.0228. The molecule has 4 heteroatoms. The maximum atomic E-state index is 12.2. The van der Waals surface area contributed by atoms with Crippen LogP contribution in [-0.2, 0) is 0 Å². The Morgan fingerprint density at radius 1 is 1.37 bits per heavy atom. The van der Waals surface area contributed by atoms with Crippen molar-refractivity contribution in [3.05, 3.63) is 28.2 Å². The summed E-state index contributed by atoms with van der Waals surface area (Å²) in [5, 5.41) is 14.3. The Kier molecular flexibility index (Phi) is 3.21. The van der Waals surface area contributed by atoms with E-state index in [2.05, 4.69) is 5.10 Å². The Bertz CT molecular complexity index is 517. The van der Waals surface area contributed by atoms with Gasteiger partial charge in [-0.25, -0.2) is 4.68 Å². The quantitative estimate of drug-likeness (QED) is 0.844. The van der Waals surface area contributed by atoms with Gasteiger partial charge in [-0.05, 0) is 50.0 Å². The number of hydrogen-bond donors (Lipinski definition) is 1. The van der Waals surface area contributed by atoms with Gasteiger partial charge in [0.25, 0.3) is 5.56 Å². The molecule has 2 fully saturated rings. The molecule has 2 aliphatic rings. The van der Waals surface area contributed by atoms with Crippen LogP contribution in [0.1, 0.15) is 56.6 Å². The van der Waals surface area contributed by atoms with Gasteiger partial charge in [-0.3, -0.25) is 4.79 Å². The van der Waals surface area contributed by atoms with Crippen LogP contribution in [0.2, 0.25) is 0 Å². The van der Waals surface area contributed by atoms with Gasteiger partial charge in [0.05, 0.1) is 18.3 Å². The van der Waals surface area contributed by atoms with E-state index in [-0.39, 0.29) is 23.1 Å². The predicted octanol–water partition coefficient (Wildman–Crippen LogP) is 2.20. The normalized spacial score (nSPS) is 29.8. The molecule has 2 aliphatic carbocycles. The number of aryl methyl sites for hydroxylation is 1. The van der Waals surface area contributed by atoms with Crippen molar-refractivity contribution in [3.63, 3.8) is 0 Å². The van der Waals surface area contributed by atoms with Gasteiger partial charge in [-0.15, -0.1) is 0 Å². The van der Waals surface area contributed by atoms with Crippen molar-refractivity contribution in [1.29, 1.82) is 0 Å². The van der Waals surface area contributed by atoms with Crippen LogP contribution in [0.4, 0.5) is 0 Å². The highest BCUT2D eigenvalue weighted by molar-refractivity contribution is 5.05. The number of rotatable bonds is 1. The van der Waals surface area contributed by atoms with Gasteiger partial charge in [0.15, 0.2) is 0 Å². The van der Waals surface area contributed by atoms with Crippen LogP contribution in [0.25, 0.3) is 0 Å². The second-order valence-corrected chi connectivity index (χ2v) is 6.33. The summed E-state index contributed by atoms with van der Waals surface area (Å²) in [6.45, 7) is 1.89. The molecular weight excluding hydrogens is 240 g/mol. The first-order chi connectivity index (χ1) is 9.11. The van der Waals surface area contributed by atoms with E-state index in [0.29, 0.717) is 6.42 Å². The molecule has 1 heterocycles. The van der Waals surface area contributed by atoms with Crippen molar-refractivity contribution in [2.75, 3.05) is 0 Å². The molecule has 3 rings (SSSR count). The Hall–Kier alpha value is -1.16. The number of aromatic nitrogens is 2. The van der Waals surface area contributed by atoms with Crippen molar-refractivity contribution in [3.8, 4) is 0 Å². The number of aliphatic hydroxyl groups is 1. The Labute approximate surface area is 113 Å². The molecule has 2 unspecified atom stereocenters. The average Bonchev–Trinajstić information content (AvgIpc) is 2.83. The molecule has 2 atom stereocenters. The molecule has 0 bridgehead atoms. The third-order valence-electron chi connectivity index (χ3n) is 5.03. The molecule has 4 nitrogen and oxygen atoms in total. The molecule has 0 saturated heterocycles. The Morgan fingerprint density at radius 2 is 2.11 bits per heavy atom. The summed E-state index contributed by atoms with van der Waals surface area (Å²) in [5.74, 6) is 0. The van der Waals surface area contributed by atoms with Crippen LogP contribution in [-0.4, -0.2) is 21.0 Å². The van der Waals surface area contributed by atoms with Crippen LogP contribution in [0, 0.1) is 12.3 Å². The zero-order valence-corrected chi connectivity index (χ0v) is 11.5. The van der Waals surface area contributed by atoms with Crippen molar-refractivity contribution in [2.24, 2.45) is 5.41 Å². The lowest BCUT2D eigenvalue weighted by atomic mass is 9.68. The lowest BCUT2D eigenvalue weighted by Gasteiger charge is -2.43. The zero-order chi connectivity index (χ0) is 13.5. The summed E-state index contributed by atoms with van der Waals surface area (Å²) in [6.07, 6.45) is 8.88. The van der Waals surface area contributed by atoms with Gasteiger partial charge in [0, 0.05) is 6.07 Å². The number of aliphatic hydroxyl groups excluding tert-OH is 1. The molecule has 1 aromatic heterocycles. The third-order valence-corrected chi connectivity index (χ3v) is 5.03. The summed E-state index contributed by atoms with van der Waals surface area (Å²) in [6, 6.07) is 1.73. The summed E-state index contributed by atoms with van der Waals surface area (Å²) in [4.78, 5) is 12.2. The van der Waals surface area contributed by atoms with Crippen LogP contribution in [0.5, 0.6) is 0 Å². The van der Waals surface area contributed by atoms with E-state index in [1.54, 1.807) is 16.9 Å². The van der Waals surface area contributed by atoms with Gasteiger partial charge in [0.2, 0.25) is 0 Å². The first-order valence-electron chi connectivity index (χ1n) is 7.34. The Morgan fingerprint density at radius 3 is 2.79 bits per heavy atom. The van der Waals surface area contributed by atoms with E-state index in [1.165, 1.54) is 25.7 Å². The van der Waals surface area contributed by atoms with E-state index in [4.69, 9.17) is 0 Å². The van der Waals surface area contributed by atoms with E-state index in [0.717, 1.165) is 18.4 Å². The molecule has 0 amide bonds. The summed E-state index contributed by atoms with van der Waals surface area (Å²) >= 11 is 0. The monoisotopic (exact) mass is 262 g/mol. The molecule has 19 heavy (non-hydrogen) atoms. The van der Waals surface area contributed by atoms with E-state index >= 15 is 0 Å². The third kappa shape index (κ3) is 2.22. The molecule has 1 aromatic rings. The minimum atomic E-state index is -0.286.